The second-order valence-corrected chi connectivity index (χ2v) is 5.42. The number of hydrogen-bond donors (Lipinski definition) is 0. The third-order valence-electron chi connectivity index (χ3n) is 2.08. The summed E-state index contributed by atoms with van der Waals surface area (Å²) in [6.45, 7) is 1.31. The van der Waals surface area contributed by atoms with Crippen molar-refractivity contribution in [2.24, 2.45) is 0 Å². The van der Waals surface area contributed by atoms with Crippen molar-refractivity contribution in [2.45, 2.75) is 0 Å². The van der Waals surface area contributed by atoms with Crippen LogP contribution in [0.1, 0.15) is 0 Å². The van der Waals surface area contributed by atoms with Gasteiger partial charge in [0, 0.05) is 35.4 Å². The highest BCUT2D eigenvalue weighted by Crippen LogP contribution is 2.22. The van der Waals surface area contributed by atoms with E-state index in [2.05, 4.69) is 15.2 Å². The normalized spacial score (nSPS) is 18.1. The molecule has 1 aromatic heterocycles. The van der Waals surface area contributed by atoms with Gasteiger partial charge < -0.3 is 4.90 Å². The van der Waals surface area contributed by atoms with Gasteiger partial charge in [-0.05, 0) is 11.6 Å². The molecule has 0 amide bonds. The molecule has 1 aliphatic heterocycles. The molecule has 0 aromatic carbocycles. The van der Waals surface area contributed by atoms with Gasteiger partial charge in [-0.25, -0.2) is 0 Å². The van der Waals surface area contributed by atoms with Crippen LogP contribution >= 0.6 is 23.2 Å². The monoisotopic (exact) mass is 266 g/mol. The fraction of sp³-hybridized carbons (Fsp3) is 0.571. The SMILES string of the molecule is O=S1CCN(c2nc(Cl)nnc2Cl)CC1. The predicted molar refractivity (Wildman–Crippen MR) is 59.9 cm³/mol. The Hall–Kier alpha value is -0.460. The molecule has 1 aromatic rings. The highest BCUT2D eigenvalue weighted by molar-refractivity contribution is 7.85. The van der Waals surface area contributed by atoms with E-state index in [4.69, 9.17) is 23.2 Å². The van der Waals surface area contributed by atoms with Crippen LogP contribution in [0.5, 0.6) is 0 Å². The van der Waals surface area contributed by atoms with Crippen LogP contribution in [0.4, 0.5) is 5.82 Å². The van der Waals surface area contributed by atoms with Crippen LogP contribution in [-0.2, 0) is 10.8 Å². The number of halogens is 2. The van der Waals surface area contributed by atoms with Crippen molar-refractivity contribution in [3.05, 3.63) is 10.4 Å². The Labute approximate surface area is 99.3 Å². The standard InChI is InChI=1S/C7H8Cl2N4OS/c8-5-6(10-7(9)12-11-5)13-1-3-15(14)4-2-13/h1-4H2. The van der Waals surface area contributed by atoms with Gasteiger partial charge in [0.1, 0.15) is 0 Å². The molecule has 0 bridgehead atoms. The number of anilines is 1. The van der Waals surface area contributed by atoms with Crippen LogP contribution in [0, 0.1) is 0 Å². The Bertz CT molecular complexity index is 393. The van der Waals surface area contributed by atoms with Gasteiger partial charge in [0.15, 0.2) is 11.0 Å². The maximum atomic E-state index is 11.2. The third kappa shape index (κ3) is 2.56. The molecule has 0 spiro atoms. The van der Waals surface area contributed by atoms with Crippen LogP contribution in [0.15, 0.2) is 0 Å². The summed E-state index contributed by atoms with van der Waals surface area (Å²) in [4.78, 5) is 5.93. The quantitative estimate of drug-likeness (QED) is 0.751. The van der Waals surface area contributed by atoms with Gasteiger partial charge in [-0.15, -0.1) is 10.2 Å². The van der Waals surface area contributed by atoms with E-state index in [1.165, 1.54) is 0 Å². The molecule has 1 aliphatic rings. The highest BCUT2D eigenvalue weighted by Gasteiger charge is 2.20. The van der Waals surface area contributed by atoms with Crippen molar-refractivity contribution in [1.29, 1.82) is 0 Å². The van der Waals surface area contributed by atoms with Crippen molar-refractivity contribution in [2.75, 3.05) is 29.5 Å². The topological polar surface area (TPSA) is 59.0 Å². The van der Waals surface area contributed by atoms with Gasteiger partial charge in [-0.2, -0.15) is 4.98 Å². The molecule has 1 saturated heterocycles. The first-order valence-electron chi connectivity index (χ1n) is 4.32. The molecule has 8 heteroatoms. The van der Waals surface area contributed by atoms with Gasteiger partial charge in [-0.1, -0.05) is 11.6 Å². The minimum absolute atomic E-state index is 0.0705. The molecule has 1 fully saturated rings. The molecule has 0 aliphatic carbocycles. The first kappa shape index (κ1) is 11.0. The maximum Gasteiger partial charge on any atom is 0.245 e. The molecule has 2 heterocycles. The molecule has 15 heavy (non-hydrogen) atoms. The number of nitrogens with zero attached hydrogens (tertiary/aromatic N) is 4. The van der Waals surface area contributed by atoms with E-state index in [1.54, 1.807) is 0 Å². The van der Waals surface area contributed by atoms with E-state index in [1.807, 2.05) is 4.90 Å². The van der Waals surface area contributed by atoms with Crippen LogP contribution < -0.4 is 4.90 Å². The largest absolute Gasteiger partial charge is 0.352 e. The second kappa shape index (κ2) is 4.59. The van der Waals surface area contributed by atoms with E-state index >= 15 is 0 Å². The summed E-state index contributed by atoms with van der Waals surface area (Å²) in [7, 11) is -0.728. The zero-order valence-corrected chi connectivity index (χ0v) is 10.0. The molecule has 2 rings (SSSR count). The van der Waals surface area contributed by atoms with Crippen LogP contribution in [0.3, 0.4) is 0 Å². The molecule has 0 N–H and O–H groups in total. The average molecular weight is 267 g/mol. The van der Waals surface area contributed by atoms with Crippen LogP contribution in [-0.4, -0.2) is 44.0 Å². The molecule has 0 saturated carbocycles. The predicted octanol–water partition coefficient (Wildman–Crippen LogP) is 0.747. The maximum absolute atomic E-state index is 11.2. The lowest BCUT2D eigenvalue weighted by Crippen LogP contribution is -2.38. The number of aromatic nitrogens is 3. The number of rotatable bonds is 1. The fourth-order valence-electron chi connectivity index (χ4n) is 1.34. The van der Waals surface area contributed by atoms with Crippen molar-refractivity contribution in [3.8, 4) is 0 Å². The zero-order chi connectivity index (χ0) is 10.8. The molecule has 82 valence electrons. The van der Waals surface area contributed by atoms with E-state index in [0.29, 0.717) is 30.4 Å². The van der Waals surface area contributed by atoms with E-state index in [0.717, 1.165) is 0 Å². The molecular formula is C7H8Cl2N4OS. The van der Waals surface area contributed by atoms with Crippen LogP contribution in [0.25, 0.3) is 0 Å². The Balaban J connectivity index is 2.21. The molecular weight excluding hydrogens is 259 g/mol. The van der Waals surface area contributed by atoms with Crippen molar-refractivity contribution < 1.29 is 4.21 Å². The Kier molecular flexibility index (Phi) is 3.38. The molecule has 0 atom stereocenters. The lowest BCUT2D eigenvalue weighted by atomic mass is 10.5. The summed E-state index contributed by atoms with van der Waals surface area (Å²) in [6, 6.07) is 0. The minimum atomic E-state index is -0.728. The molecule has 5 nitrogen and oxygen atoms in total. The average Bonchev–Trinajstić information content (AvgIpc) is 2.23. The summed E-state index contributed by atoms with van der Waals surface area (Å²) < 4.78 is 11.2. The second-order valence-electron chi connectivity index (χ2n) is 3.03. The number of hydrogen-bond acceptors (Lipinski definition) is 5. The van der Waals surface area contributed by atoms with Gasteiger partial charge in [0.05, 0.1) is 0 Å². The Morgan fingerprint density at radius 3 is 2.53 bits per heavy atom. The molecule has 0 unspecified atom stereocenters. The highest BCUT2D eigenvalue weighted by atomic mass is 35.5. The third-order valence-corrected chi connectivity index (χ3v) is 3.76. The summed E-state index contributed by atoms with van der Waals surface area (Å²) in [5.74, 6) is 1.77. The lowest BCUT2D eigenvalue weighted by Gasteiger charge is -2.27. The minimum Gasteiger partial charge on any atom is -0.352 e. The summed E-state index contributed by atoms with van der Waals surface area (Å²) in [5.41, 5.74) is 0. The van der Waals surface area contributed by atoms with Crippen molar-refractivity contribution >= 4 is 39.8 Å². The molecule has 0 radical (unpaired) electrons. The first-order chi connectivity index (χ1) is 7.16. The Morgan fingerprint density at radius 2 is 1.87 bits per heavy atom. The van der Waals surface area contributed by atoms with Crippen LogP contribution in [0.2, 0.25) is 10.4 Å². The first-order valence-corrected chi connectivity index (χ1v) is 6.57. The van der Waals surface area contributed by atoms with Gasteiger partial charge in [0.25, 0.3) is 0 Å². The van der Waals surface area contributed by atoms with E-state index in [9.17, 15) is 4.21 Å². The summed E-state index contributed by atoms with van der Waals surface area (Å²) >= 11 is 11.5. The summed E-state index contributed by atoms with van der Waals surface area (Å²) in [6.07, 6.45) is 0. The fourth-order valence-corrected chi connectivity index (χ4v) is 2.71. The lowest BCUT2D eigenvalue weighted by molar-refractivity contribution is 0.672. The van der Waals surface area contributed by atoms with Gasteiger partial charge in [-0.3, -0.25) is 4.21 Å². The zero-order valence-electron chi connectivity index (χ0n) is 7.69. The summed E-state index contributed by atoms with van der Waals surface area (Å²) in [5, 5.41) is 7.51. The van der Waals surface area contributed by atoms with Crippen molar-refractivity contribution in [3.63, 3.8) is 0 Å². The smallest absolute Gasteiger partial charge is 0.245 e. The van der Waals surface area contributed by atoms with Gasteiger partial charge in [0.2, 0.25) is 5.28 Å². The van der Waals surface area contributed by atoms with E-state index < -0.39 is 10.8 Å². The van der Waals surface area contributed by atoms with Gasteiger partial charge >= 0.3 is 0 Å². The Morgan fingerprint density at radius 1 is 1.20 bits per heavy atom. The van der Waals surface area contributed by atoms with Crippen molar-refractivity contribution in [1.82, 2.24) is 15.2 Å². The van der Waals surface area contributed by atoms with E-state index in [-0.39, 0.29) is 10.4 Å².